The molecule has 0 fully saturated rings. The first-order valence-corrected chi connectivity index (χ1v) is 7.18. The first-order valence-electron chi connectivity index (χ1n) is 5.77. The molecule has 0 amide bonds. The van der Waals surface area contributed by atoms with Gasteiger partial charge in [-0.3, -0.25) is 0 Å². The summed E-state index contributed by atoms with van der Waals surface area (Å²) in [5.74, 6) is -0.0585. The van der Waals surface area contributed by atoms with E-state index in [0.717, 1.165) is 6.07 Å². The molecule has 0 heterocycles. The average molecular weight is 296 g/mol. The highest BCUT2D eigenvalue weighted by Crippen LogP contribution is 2.24. The fourth-order valence-electron chi connectivity index (χ4n) is 1.70. The number of aryl methyl sites for hydroxylation is 1. The zero-order chi connectivity index (χ0) is 14.8. The van der Waals surface area contributed by atoms with E-state index in [1.165, 1.54) is 43.5 Å². The standard InChI is InChI=1S/C14H13FO4S/c1-10-8-13(6-7-14(10)18-2)20(16,17)19-12-5-3-4-11(15)9-12/h3-9H,1-2H3. The lowest BCUT2D eigenvalue weighted by Crippen LogP contribution is -2.10. The summed E-state index contributed by atoms with van der Waals surface area (Å²) in [4.78, 5) is -0.0138. The molecule has 0 aliphatic carbocycles. The Morgan fingerprint density at radius 3 is 2.45 bits per heavy atom. The van der Waals surface area contributed by atoms with Crippen molar-refractivity contribution in [1.29, 1.82) is 0 Å². The zero-order valence-electron chi connectivity index (χ0n) is 11.0. The largest absolute Gasteiger partial charge is 0.496 e. The van der Waals surface area contributed by atoms with Crippen LogP contribution in [-0.4, -0.2) is 15.5 Å². The van der Waals surface area contributed by atoms with Crippen LogP contribution in [0.25, 0.3) is 0 Å². The Labute approximate surface area is 116 Å². The minimum absolute atomic E-state index is 0.0138. The van der Waals surface area contributed by atoms with Gasteiger partial charge in [0.05, 0.1) is 7.11 Å². The summed E-state index contributed by atoms with van der Waals surface area (Å²) >= 11 is 0. The van der Waals surface area contributed by atoms with Crippen molar-refractivity contribution in [3.8, 4) is 11.5 Å². The maximum absolute atomic E-state index is 13.0. The summed E-state index contributed by atoms with van der Waals surface area (Å²) in [6, 6.07) is 9.31. The molecule has 0 aliphatic rings. The molecule has 0 saturated heterocycles. The van der Waals surface area contributed by atoms with Gasteiger partial charge < -0.3 is 8.92 Å². The molecule has 0 aliphatic heterocycles. The van der Waals surface area contributed by atoms with E-state index in [4.69, 9.17) is 8.92 Å². The molecule has 2 aromatic carbocycles. The normalized spacial score (nSPS) is 11.2. The van der Waals surface area contributed by atoms with Gasteiger partial charge in [0, 0.05) is 6.07 Å². The van der Waals surface area contributed by atoms with Gasteiger partial charge in [-0.15, -0.1) is 0 Å². The predicted molar refractivity (Wildman–Crippen MR) is 71.9 cm³/mol. The Balaban J connectivity index is 2.33. The highest BCUT2D eigenvalue weighted by Gasteiger charge is 2.18. The molecule has 0 spiro atoms. The fourth-order valence-corrected chi connectivity index (χ4v) is 2.71. The van der Waals surface area contributed by atoms with Crippen LogP contribution >= 0.6 is 0 Å². The molecular weight excluding hydrogens is 283 g/mol. The topological polar surface area (TPSA) is 52.6 Å². The van der Waals surface area contributed by atoms with Gasteiger partial charge in [0.1, 0.15) is 22.2 Å². The zero-order valence-corrected chi connectivity index (χ0v) is 11.8. The maximum atomic E-state index is 13.0. The number of methoxy groups -OCH3 is 1. The van der Waals surface area contributed by atoms with E-state index in [1.54, 1.807) is 6.92 Å². The predicted octanol–water partition coefficient (Wildman–Crippen LogP) is 2.91. The van der Waals surface area contributed by atoms with Crippen LogP contribution in [0.5, 0.6) is 11.5 Å². The minimum atomic E-state index is -4.00. The van der Waals surface area contributed by atoms with Crippen LogP contribution in [0.3, 0.4) is 0 Å². The minimum Gasteiger partial charge on any atom is -0.496 e. The summed E-state index contributed by atoms with van der Waals surface area (Å²) in [7, 11) is -2.50. The van der Waals surface area contributed by atoms with Crippen LogP contribution in [0.1, 0.15) is 5.56 Å². The highest BCUT2D eigenvalue weighted by molar-refractivity contribution is 7.87. The molecule has 2 rings (SSSR count). The highest BCUT2D eigenvalue weighted by atomic mass is 32.2. The van der Waals surface area contributed by atoms with Crippen molar-refractivity contribution in [2.24, 2.45) is 0 Å². The van der Waals surface area contributed by atoms with Crippen molar-refractivity contribution in [3.05, 3.63) is 53.8 Å². The van der Waals surface area contributed by atoms with E-state index in [-0.39, 0.29) is 10.6 Å². The molecule has 0 N–H and O–H groups in total. The summed E-state index contributed by atoms with van der Waals surface area (Å²) in [6.07, 6.45) is 0. The smallest absolute Gasteiger partial charge is 0.339 e. The van der Waals surface area contributed by atoms with E-state index >= 15 is 0 Å². The Kier molecular flexibility index (Phi) is 3.94. The summed E-state index contributed by atoms with van der Waals surface area (Å²) in [5.41, 5.74) is 0.663. The second-order valence-corrected chi connectivity index (χ2v) is 5.67. The van der Waals surface area contributed by atoms with Gasteiger partial charge in [-0.2, -0.15) is 8.42 Å². The van der Waals surface area contributed by atoms with Crippen molar-refractivity contribution in [2.75, 3.05) is 7.11 Å². The fraction of sp³-hybridized carbons (Fsp3) is 0.143. The molecular formula is C14H13FO4S. The number of rotatable bonds is 4. The van der Waals surface area contributed by atoms with Crippen molar-refractivity contribution >= 4 is 10.1 Å². The van der Waals surface area contributed by atoms with Crippen LogP contribution in [-0.2, 0) is 10.1 Å². The van der Waals surface area contributed by atoms with Crippen LogP contribution in [0, 0.1) is 12.7 Å². The number of ether oxygens (including phenoxy) is 1. The molecule has 106 valence electrons. The van der Waals surface area contributed by atoms with Gasteiger partial charge in [0.15, 0.2) is 0 Å². The Bertz CT molecular complexity index is 726. The first kappa shape index (κ1) is 14.3. The van der Waals surface area contributed by atoms with E-state index in [0.29, 0.717) is 11.3 Å². The first-order chi connectivity index (χ1) is 9.42. The second-order valence-electron chi connectivity index (χ2n) is 4.13. The summed E-state index contributed by atoms with van der Waals surface area (Å²) < 4.78 is 47.1. The lowest BCUT2D eigenvalue weighted by atomic mass is 10.2. The van der Waals surface area contributed by atoms with Crippen molar-refractivity contribution in [2.45, 2.75) is 11.8 Å². The molecule has 0 bridgehead atoms. The van der Waals surface area contributed by atoms with Crippen molar-refractivity contribution < 1.29 is 21.7 Å². The number of hydrogen-bond acceptors (Lipinski definition) is 4. The molecule has 0 aromatic heterocycles. The Morgan fingerprint density at radius 1 is 1.10 bits per heavy atom. The van der Waals surface area contributed by atoms with Crippen LogP contribution < -0.4 is 8.92 Å². The van der Waals surface area contributed by atoms with E-state index < -0.39 is 15.9 Å². The molecule has 0 radical (unpaired) electrons. The third kappa shape index (κ3) is 3.08. The van der Waals surface area contributed by atoms with Crippen molar-refractivity contribution in [1.82, 2.24) is 0 Å². The van der Waals surface area contributed by atoms with Crippen LogP contribution in [0.2, 0.25) is 0 Å². The number of benzene rings is 2. The van der Waals surface area contributed by atoms with Gasteiger partial charge in [-0.1, -0.05) is 6.07 Å². The molecule has 2 aromatic rings. The van der Waals surface area contributed by atoms with Gasteiger partial charge in [-0.05, 0) is 42.8 Å². The maximum Gasteiger partial charge on any atom is 0.339 e. The van der Waals surface area contributed by atoms with E-state index in [9.17, 15) is 12.8 Å². The van der Waals surface area contributed by atoms with E-state index in [1.807, 2.05) is 0 Å². The molecule has 6 heteroatoms. The third-order valence-corrected chi connectivity index (χ3v) is 3.90. The second kappa shape index (κ2) is 5.50. The van der Waals surface area contributed by atoms with Crippen LogP contribution in [0.4, 0.5) is 4.39 Å². The quantitative estimate of drug-likeness (QED) is 0.814. The summed E-state index contributed by atoms with van der Waals surface area (Å²) in [5, 5.41) is 0. The van der Waals surface area contributed by atoms with Gasteiger partial charge in [0.2, 0.25) is 0 Å². The Hall–Kier alpha value is -2.08. The lowest BCUT2D eigenvalue weighted by Gasteiger charge is -2.09. The van der Waals surface area contributed by atoms with Gasteiger partial charge in [0.25, 0.3) is 0 Å². The summed E-state index contributed by atoms with van der Waals surface area (Å²) in [6.45, 7) is 1.72. The molecule has 20 heavy (non-hydrogen) atoms. The monoisotopic (exact) mass is 296 g/mol. The van der Waals surface area contributed by atoms with Gasteiger partial charge in [-0.25, -0.2) is 4.39 Å². The number of halogens is 1. The van der Waals surface area contributed by atoms with Crippen LogP contribution in [0.15, 0.2) is 47.4 Å². The van der Waals surface area contributed by atoms with Crippen molar-refractivity contribution in [3.63, 3.8) is 0 Å². The van der Waals surface area contributed by atoms with E-state index in [2.05, 4.69) is 0 Å². The lowest BCUT2D eigenvalue weighted by molar-refractivity contribution is 0.411. The Morgan fingerprint density at radius 2 is 1.85 bits per heavy atom. The SMILES string of the molecule is COc1ccc(S(=O)(=O)Oc2cccc(F)c2)cc1C. The van der Waals surface area contributed by atoms with Gasteiger partial charge >= 0.3 is 10.1 Å². The molecule has 0 atom stereocenters. The molecule has 0 saturated carbocycles. The molecule has 0 unspecified atom stereocenters. The molecule has 4 nitrogen and oxygen atoms in total. The number of hydrogen-bond donors (Lipinski definition) is 0. The third-order valence-electron chi connectivity index (χ3n) is 2.66. The average Bonchev–Trinajstić information content (AvgIpc) is 2.38.